The fourth-order valence-corrected chi connectivity index (χ4v) is 2.98. The van der Waals surface area contributed by atoms with E-state index >= 15 is 0 Å². The average molecular weight is 307 g/mol. The topological polar surface area (TPSA) is 62.7 Å². The molecule has 0 aliphatic rings. The lowest BCUT2D eigenvalue weighted by atomic mass is 9.89. The van der Waals surface area contributed by atoms with Crippen LogP contribution in [0.2, 0.25) is 0 Å². The third-order valence-electron chi connectivity index (χ3n) is 4.09. The number of pyridine rings is 1. The van der Waals surface area contributed by atoms with E-state index in [4.69, 9.17) is 10.7 Å². The number of hydrogen-bond acceptors (Lipinski definition) is 3. The lowest BCUT2D eigenvalue weighted by molar-refractivity contribution is 0.628. The smallest absolute Gasteiger partial charge is 0.0670 e. The number of rotatable bonds is 5. The number of hydrogen-bond donors (Lipinski definition) is 1. The van der Waals surface area contributed by atoms with Gasteiger partial charge in [0.25, 0.3) is 0 Å². The molecule has 2 rings (SSSR count). The van der Waals surface area contributed by atoms with Crippen LogP contribution in [-0.2, 0) is 19.4 Å². The van der Waals surface area contributed by atoms with E-state index < -0.39 is 0 Å². The zero-order valence-corrected chi connectivity index (χ0v) is 14.5. The Kier molecular flexibility index (Phi) is 5.52. The van der Waals surface area contributed by atoms with E-state index in [1.807, 2.05) is 6.92 Å². The normalized spacial score (nSPS) is 10.8. The molecule has 23 heavy (non-hydrogen) atoms. The zero-order chi connectivity index (χ0) is 17.0. The predicted octanol–water partition coefficient (Wildman–Crippen LogP) is 4.09. The van der Waals surface area contributed by atoms with E-state index in [1.54, 1.807) is 0 Å². The summed E-state index contributed by atoms with van der Waals surface area (Å²) in [7, 11) is 0. The molecule has 0 saturated carbocycles. The molecule has 0 fully saturated rings. The van der Waals surface area contributed by atoms with Gasteiger partial charge in [-0.25, -0.2) is 0 Å². The summed E-state index contributed by atoms with van der Waals surface area (Å²) >= 11 is 0. The first-order chi connectivity index (χ1) is 11.0. The molecule has 0 bridgehead atoms. The Balaban J connectivity index is 2.75. The Bertz CT molecular complexity index is 722. The first-order valence-corrected chi connectivity index (χ1v) is 8.13. The lowest BCUT2D eigenvalue weighted by Gasteiger charge is -2.20. The minimum Gasteiger partial charge on any atom is -0.326 e. The standard InChI is InChI=1S/C20H25N3/c1-13(2)11-19-18(12-22)20(16-7-5-14(3)6-8-16)17(9-10-21)15(4)23-19/h5-8,13H,9,11-12,22H2,1-4H3. The Morgan fingerprint density at radius 2 is 1.78 bits per heavy atom. The molecule has 0 radical (unpaired) electrons. The summed E-state index contributed by atoms with van der Waals surface area (Å²) in [6.07, 6.45) is 1.26. The first kappa shape index (κ1) is 17.2. The number of nitrogens with two attached hydrogens (primary N) is 1. The van der Waals surface area contributed by atoms with Crippen molar-refractivity contribution in [1.29, 1.82) is 5.26 Å². The van der Waals surface area contributed by atoms with Crippen LogP contribution in [-0.4, -0.2) is 4.98 Å². The zero-order valence-electron chi connectivity index (χ0n) is 14.5. The van der Waals surface area contributed by atoms with Gasteiger partial charge in [0, 0.05) is 17.9 Å². The molecule has 0 atom stereocenters. The highest BCUT2D eigenvalue weighted by atomic mass is 14.7. The van der Waals surface area contributed by atoms with Gasteiger partial charge in [0.05, 0.1) is 12.5 Å². The molecule has 0 aliphatic carbocycles. The third-order valence-corrected chi connectivity index (χ3v) is 4.09. The quantitative estimate of drug-likeness (QED) is 0.905. The van der Waals surface area contributed by atoms with Gasteiger partial charge >= 0.3 is 0 Å². The molecule has 1 heterocycles. The van der Waals surface area contributed by atoms with Gasteiger partial charge in [0.15, 0.2) is 0 Å². The SMILES string of the molecule is Cc1ccc(-c2c(CC#N)c(C)nc(CC(C)C)c2CN)cc1. The summed E-state index contributed by atoms with van der Waals surface area (Å²) in [4.78, 5) is 4.78. The molecule has 2 aromatic rings. The van der Waals surface area contributed by atoms with Gasteiger partial charge in [-0.3, -0.25) is 4.98 Å². The Morgan fingerprint density at radius 1 is 1.13 bits per heavy atom. The fraction of sp³-hybridized carbons (Fsp3) is 0.400. The molecule has 0 saturated heterocycles. The summed E-state index contributed by atoms with van der Waals surface area (Å²) in [6.45, 7) is 8.88. The molecule has 0 aliphatic heterocycles. The minimum atomic E-state index is 0.358. The first-order valence-electron chi connectivity index (χ1n) is 8.13. The predicted molar refractivity (Wildman–Crippen MR) is 94.9 cm³/mol. The minimum absolute atomic E-state index is 0.358. The maximum absolute atomic E-state index is 9.23. The monoisotopic (exact) mass is 307 g/mol. The fourth-order valence-electron chi connectivity index (χ4n) is 2.98. The van der Waals surface area contributed by atoms with Crippen LogP contribution >= 0.6 is 0 Å². The lowest BCUT2D eigenvalue weighted by Crippen LogP contribution is -2.13. The van der Waals surface area contributed by atoms with Crippen molar-refractivity contribution in [3.8, 4) is 17.2 Å². The van der Waals surface area contributed by atoms with Crippen LogP contribution in [0.3, 0.4) is 0 Å². The van der Waals surface area contributed by atoms with Crippen molar-refractivity contribution in [1.82, 2.24) is 4.98 Å². The number of nitrogens with zero attached hydrogens (tertiary/aromatic N) is 2. The molecule has 3 heteroatoms. The third kappa shape index (κ3) is 3.78. The van der Waals surface area contributed by atoms with E-state index in [9.17, 15) is 5.26 Å². The Labute approximate surface area is 139 Å². The van der Waals surface area contributed by atoms with Gasteiger partial charge in [0.2, 0.25) is 0 Å². The van der Waals surface area contributed by atoms with Crippen LogP contribution in [0.1, 0.15) is 41.9 Å². The molecule has 0 spiro atoms. The highest BCUT2D eigenvalue weighted by molar-refractivity contribution is 5.73. The van der Waals surface area contributed by atoms with Crippen molar-refractivity contribution < 1.29 is 0 Å². The molecular weight excluding hydrogens is 282 g/mol. The van der Waals surface area contributed by atoms with E-state index in [1.165, 1.54) is 5.56 Å². The van der Waals surface area contributed by atoms with Crippen molar-refractivity contribution in [2.24, 2.45) is 11.7 Å². The second kappa shape index (κ2) is 7.39. The molecule has 0 amide bonds. The summed E-state index contributed by atoms with van der Waals surface area (Å²) in [6, 6.07) is 10.7. The Morgan fingerprint density at radius 3 is 2.30 bits per heavy atom. The van der Waals surface area contributed by atoms with Gasteiger partial charge in [-0.15, -0.1) is 0 Å². The average Bonchev–Trinajstić information content (AvgIpc) is 2.50. The molecular formula is C20H25N3. The van der Waals surface area contributed by atoms with Crippen LogP contribution in [0.5, 0.6) is 0 Å². The molecule has 120 valence electrons. The maximum Gasteiger partial charge on any atom is 0.0670 e. The van der Waals surface area contributed by atoms with Crippen molar-refractivity contribution >= 4 is 0 Å². The van der Waals surface area contributed by atoms with Gasteiger partial charge in [-0.1, -0.05) is 43.7 Å². The molecule has 3 nitrogen and oxygen atoms in total. The van der Waals surface area contributed by atoms with Gasteiger partial charge in [-0.2, -0.15) is 5.26 Å². The van der Waals surface area contributed by atoms with E-state index in [2.05, 4.69) is 51.1 Å². The molecule has 1 aromatic heterocycles. The maximum atomic E-state index is 9.23. The largest absolute Gasteiger partial charge is 0.326 e. The summed E-state index contributed by atoms with van der Waals surface area (Å²) in [5.41, 5.74) is 13.6. The van der Waals surface area contributed by atoms with Crippen LogP contribution in [0.4, 0.5) is 0 Å². The van der Waals surface area contributed by atoms with Crippen LogP contribution in [0, 0.1) is 31.1 Å². The van der Waals surface area contributed by atoms with E-state index in [0.717, 1.165) is 40.1 Å². The number of aryl methyl sites for hydroxylation is 2. The van der Waals surface area contributed by atoms with Gasteiger partial charge < -0.3 is 5.73 Å². The number of nitriles is 1. The Hall–Kier alpha value is -2.18. The van der Waals surface area contributed by atoms with Gasteiger partial charge in [-0.05, 0) is 48.4 Å². The van der Waals surface area contributed by atoms with Gasteiger partial charge in [0.1, 0.15) is 0 Å². The van der Waals surface area contributed by atoms with Crippen molar-refractivity contribution in [2.75, 3.05) is 0 Å². The van der Waals surface area contributed by atoms with Crippen LogP contribution in [0.25, 0.3) is 11.1 Å². The summed E-state index contributed by atoms with van der Waals surface area (Å²) < 4.78 is 0. The second-order valence-electron chi connectivity index (χ2n) is 6.48. The number of benzene rings is 1. The van der Waals surface area contributed by atoms with Crippen molar-refractivity contribution in [2.45, 2.75) is 47.1 Å². The van der Waals surface area contributed by atoms with Crippen LogP contribution in [0.15, 0.2) is 24.3 Å². The number of aromatic nitrogens is 1. The molecule has 2 N–H and O–H groups in total. The molecule has 1 aromatic carbocycles. The van der Waals surface area contributed by atoms with Crippen LogP contribution < -0.4 is 5.73 Å². The highest BCUT2D eigenvalue weighted by Crippen LogP contribution is 2.32. The second-order valence-corrected chi connectivity index (χ2v) is 6.48. The summed E-state index contributed by atoms with van der Waals surface area (Å²) in [5.74, 6) is 0.514. The van der Waals surface area contributed by atoms with Crippen molar-refractivity contribution in [3.63, 3.8) is 0 Å². The van der Waals surface area contributed by atoms with E-state index in [0.29, 0.717) is 18.9 Å². The van der Waals surface area contributed by atoms with Crippen molar-refractivity contribution in [3.05, 3.63) is 52.3 Å². The molecule has 0 unspecified atom stereocenters. The van der Waals surface area contributed by atoms with E-state index in [-0.39, 0.29) is 0 Å². The summed E-state index contributed by atoms with van der Waals surface area (Å²) in [5, 5.41) is 9.23. The highest BCUT2D eigenvalue weighted by Gasteiger charge is 2.18.